The van der Waals surface area contributed by atoms with E-state index in [4.69, 9.17) is 5.26 Å². The number of nitrogens with one attached hydrogen (secondary N) is 1. The summed E-state index contributed by atoms with van der Waals surface area (Å²) in [5, 5.41) is 12.1. The molecule has 0 bridgehead atoms. The number of nitrogens with zero attached hydrogens (tertiary/aromatic N) is 2. The highest BCUT2D eigenvalue weighted by molar-refractivity contribution is 5.57. The lowest BCUT2D eigenvalue weighted by Gasteiger charge is -2.20. The standard InChI is InChI=1S/C14H18FN3/c1-2-18(13-4-5-13)8-7-17-14-6-3-12(15)9-11(14)10-16/h3,6,9,13,17H,2,4-5,7-8H2,1H3. The van der Waals surface area contributed by atoms with Crippen molar-refractivity contribution in [3.63, 3.8) is 0 Å². The average Bonchev–Trinajstić information content (AvgIpc) is 3.20. The molecule has 1 aromatic rings. The summed E-state index contributed by atoms with van der Waals surface area (Å²) in [5.41, 5.74) is 1.08. The molecule has 0 saturated heterocycles. The molecule has 0 spiro atoms. The molecule has 0 heterocycles. The molecule has 1 aromatic carbocycles. The monoisotopic (exact) mass is 247 g/mol. The van der Waals surface area contributed by atoms with Crippen LogP contribution in [-0.4, -0.2) is 30.6 Å². The van der Waals surface area contributed by atoms with E-state index in [9.17, 15) is 4.39 Å². The highest BCUT2D eigenvalue weighted by atomic mass is 19.1. The second kappa shape index (κ2) is 5.83. The van der Waals surface area contributed by atoms with E-state index in [0.29, 0.717) is 11.3 Å². The van der Waals surface area contributed by atoms with Gasteiger partial charge >= 0.3 is 0 Å². The number of hydrogen-bond acceptors (Lipinski definition) is 3. The molecule has 0 radical (unpaired) electrons. The summed E-state index contributed by atoms with van der Waals surface area (Å²) in [6.45, 7) is 4.96. The number of likely N-dealkylation sites (N-methyl/N-ethyl adjacent to an activating group) is 1. The predicted octanol–water partition coefficient (Wildman–Crippen LogP) is 2.59. The SMILES string of the molecule is CCN(CCNc1ccc(F)cc1C#N)C1CC1. The van der Waals surface area contributed by atoms with Gasteiger partial charge in [-0.3, -0.25) is 4.90 Å². The van der Waals surface area contributed by atoms with Crippen molar-refractivity contribution in [3.8, 4) is 6.07 Å². The first kappa shape index (κ1) is 12.8. The van der Waals surface area contributed by atoms with Gasteiger partial charge in [-0.15, -0.1) is 0 Å². The van der Waals surface area contributed by atoms with Crippen LogP contribution in [0.1, 0.15) is 25.3 Å². The van der Waals surface area contributed by atoms with Crippen molar-refractivity contribution < 1.29 is 4.39 Å². The molecule has 0 atom stereocenters. The maximum Gasteiger partial charge on any atom is 0.124 e. The van der Waals surface area contributed by atoms with Gasteiger partial charge in [0.2, 0.25) is 0 Å². The van der Waals surface area contributed by atoms with E-state index in [0.717, 1.165) is 25.7 Å². The molecule has 18 heavy (non-hydrogen) atoms. The second-order valence-electron chi connectivity index (χ2n) is 4.59. The maximum atomic E-state index is 13.0. The average molecular weight is 247 g/mol. The number of halogens is 1. The second-order valence-corrected chi connectivity index (χ2v) is 4.59. The Labute approximate surface area is 107 Å². The lowest BCUT2D eigenvalue weighted by molar-refractivity contribution is 0.289. The van der Waals surface area contributed by atoms with Crippen LogP contribution in [0.3, 0.4) is 0 Å². The van der Waals surface area contributed by atoms with Gasteiger partial charge in [0.15, 0.2) is 0 Å². The molecule has 3 nitrogen and oxygen atoms in total. The molecule has 0 unspecified atom stereocenters. The van der Waals surface area contributed by atoms with Crippen LogP contribution in [0.5, 0.6) is 0 Å². The third-order valence-corrected chi connectivity index (χ3v) is 3.29. The van der Waals surface area contributed by atoms with Crippen LogP contribution in [0, 0.1) is 17.1 Å². The zero-order valence-electron chi connectivity index (χ0n) is 10.6. The van der Waals surface area contributed by atoms with E-state index in [1.165, 1.54) is 25.0 Å². The maximum absolute atomic E-state index is 13.0. The molecule has 1 aliphatic rings. The molecule has 1 aliphatic carbocycles. The molecule has 4 heteroatoms. The van der Waals surface area contributed by atoms with Crippen molar-refractivity contribution in [2.45, 2.75) is 25.8 Å². The summed E-state index contributed by atoms with van der Waals surface area (Å²) in [5.74, 6) is -0.370. The van der Waals surface area contributed by atoms with Gasteiger partial charge in [0.1, 0.15) is 11.9 Å². The quantitative estimate of drug-likeness (QED) is 0.839. The Bertz CT molecular complexity index is 449. The molecular weight excluding hydrogens is 229 g/mol. The Morgan fingerprint density at radius 1 is 1.50 bits per heavy atom. The zero-order valence-corrected chi connectivity index (χ0v) is 10.6. The van der Waals surface area contributed by atoms with E-state index in [1.807, 2.05) is 6.07 Å². The molecule has 1 fully saturated rings. The van der Waals surface area contributed by atoms with Crippen molar-refractivity contribution in [1.29, 1.82) is 5.26 Å². The van der Waals surface area contributed by atoms with Crippen molar-refractivity contribution in [1.82, 2.24) is 4.90 Å². The van der Waals surface area contributed by atoms with Crippen LogP contribution < -0.4 is 5.32 Å². The van der Waals surface area contributed by atoms with Crippen LogP contribution in [0.2, 0.25) is 0 Å². The van der Waals surface area contributed by atoms with Crippen molar-refractivity contribution >= 4 is 5.69 Å². The molecule has 0 aromatic heterocycles. The first-order chi connectivity index (χ1) is 8.74. The summed E-state index contributed by atoms with van der Waals surface area (Å²) in [6.07, 6.45) is 2.60. The Morgan fingerprint density at radius 3 is 2.89 bits per heavy atom. The van der Waals surface area contributed by atoms with Crippen molar-refractivity contribution in [3.05, 3.63) is 29.6 Å². The van der Waals surface area contributed by atoms with Gasteiger partial charge in [0.25, 0.3) is 0 Å². The molecule has 1 N–H and O–H groups in total. The van der Waals surface area contributed by atoms with Crippen molar-refractivity contribution in [2.75, 3.05) is 25.0 Å². The Kier molecular flexibility index (Phi) is 4.16. The van der Waals surface area contributed by atoms with Gasteiger partial charge in [-0.05, 0) is 37.6 Å². The summed E-state index contributed by atoms with van der Waals surface area (Å²) < 4.78 is 13.0. The third-order valence-electron chi connectivity index (χ3n) is 3.29. The van der Waals surface area contributed by atoms with Crippen LogP contribution >= 0.6 is 0 Å². The van der Waals surface area contributed by atoms with E-state index in [-0.39, 0.29) is 5.82 Å². The number of hydrogen-bond donors (Lipinski definition) is 1. The zero-order chi connectivity index (χ0) is 13.0. The van der Waals surface area contributed by atoms with Gasteiger partial charge < -0.3 is 5.32 Å². The summed E-state index contributed by atoms with van der Waals surface area (Å²) in [4.78, 5) is 2.43. The molecule has 1 saturated carbocycles. The van der Waals surface area contributed by atoms with Crippen LogP contribution in [0.4, 0.5) is 10.1 Å². The first-order valence-corrected chi connectivity index (χ1v) is 6.42. The summed E-state index contributed by atoms with van der Waals surface area (Å²) >= 11 is 0. The van der Waals surface area contributed by atoms with Crippen molar-refractivity contribution in [2.24, 2.45) is 0 Å². The van der Waals surface area contributed by atoms with E-state index < -0.39 is 0 Å². The number of anilines is 1. The van der Waals surface area contributed by atoms with E-state index >= 15 is 0 Å². The number of nitriles is 1. The Balaban J connectivity index is 1.88. The lowest BCUT2D eigenvalue weighted by Crippen LogP contribution is -2.31. The molecule has 96 valence electrons. The largest absolute Gasteiger partial charge is 0.383 e. The van der Waals surface area contributed by atoms with Gasteiger partial charge in [-0.2, -0.15) is 5.26 Å². The molecule has 2 rings (SSSR count). The fraction of sp³-hybridized carbons (Fsp3) is 0.500. The minimum Gasteiger partial charge on any atom is -0.383 e. The van der Waals surface area contributed by atoms with Gasteiger partial charge in [-0.25, -0.2) is 4.39 Å². The topological polar surface area (TPSA) is 39.1 Å². The lowest BCUT2D eigenvalue weighted by atomic mass is 10.2. The van der Waals surface area contributed by atoms with Crippen LogP contribution in [0.25, 0.3) is 0 Å². The fourth-order valence-corrected chi connectivity index (χ4v) is 2.14. The third kappa shape index (κ3) is 3.21. The van der Waals surface area contributed by atoms with Crippen LogP contribution in [0.15, 0.2) is 18.2 Å². The Hall–Kier alpha value is -1.60. The first-order valence-electron chi connectivity index (χ1n) is 6.42. The minimum atomic E-state index is -0.370. The smallest absolute Gasteiger partial charge is 0.124 e. The van der Waals surface area contributed by atoms with E-state index in [2.05, 4.69) is 17.1 Å². The molecular formula is C14H18FN3. The van der Waals surface area contributed by atoms with E-state index in [1.54, 1.807) is 6.07 Å². The number of benzene rings is 1. The Morgan fingerprint density at radius 2 is 2.28 bits per heavy atom. The predicted molar refractivity (Wildman–Crippen MR) is 69.9 cm³/mol. The van der Waals surface area contributed by atoms with Crippen LogP contribution in [-0.2, 0) is 0 Å². The van der Waals surface area contributed by atoms with Gasteiger partial charge in [0, 0.05) is 19.1 Å². The normalized spacial score (nSPS) is 14.6. The molecule has 0 aliphatic heterocycles. The highest BCUT2D eigenvalue weighted by Gasteiger charge is 2.27. The minimum absolute atomic E-state index is 0.365. The number of rotatable bonds is 6. The van der Waals surface area contributed by atoms with Gasteiger partial charge in [-0.1, -0.05) is 6.92 Å². The van der Waals surface area contributed by atoms with Gasteiger partial charge in [0.05, 0.1) is 11.3 Å². The highest BCUT2D eigenvalue weighted by Crippen LogP contribution is 2.26. The fourth-order valence-electron chi connectivity index (χ4n) is 2.14. The molecule has 0 amide bonds. The summed E-state index contributed by atoms with van der Waals surface area (Å²) in [6, 6.07) is 7.03. The summed E-state index contributed by atoms with van der Waals surface area (Å²) in [7, 11) is 0.